The summed E-state index contributed by atoms with van der Waals surface area (Å²) >= 11 is 7.59. The Morgan fingerprint density at radius 2 is 2.14 bits per heavy atom. The van der Waals surface area contributed by atoms with Crippen molar-refractivity contribution in [2.75, 3.05) is 18.5 Å². The minimum atomic E-state index is -0.254. The number of hydrogen-bond donors (Lipinski definition) is 1. The fourth-order valence-electron chi connectivity index (χ4n) is 2.32. The van der Waals surface area contributed by atoms with E-state index in [0.29, 0.717) is 46.3 Å². The lowest BCUT2D eigenvalue weighted by Crippen LogP contribution is -2.17. The van der Waals surface area contributed by atoms with E-state index in [4.69, 9.17) is 21.1 Å². The number of fused-ring (bicyclic) bond motifs is 1. The lowest BCUT2D eigenvalue weighted by Gasteiger charge is -2.20. The van der Waals surface area contributed by atoms with Gasteiger partial charge in [-0.25, -0.2) is 4.98 Å². The molecule has 1 amide bonds. The zero-order valence-electron chi connectivity index (χ0n) is 11.6. The lowest BCUT2D eigenvalue weighted by atomic mass is 10.2. The molecule has 22 heavy (non-hydrogen) atoms. The SMILES string of the molecule is O=C(Nc1nc(C2CC2)cs1)c1cc(Cl)c2c(c1)OCCO2. The summed E-state index contributed by atoms with van der Waals surface area (Å²) < 4.78 is 10.9. The molecule has 1 aliphatic heterocycles. The number of halogens is 1. The fraction of sp³-hybridized carbons (Fsp3) is 0.333. The first kappa shape index (κ1) is 13.8. The maximum atomic E-state index is 12.3. The van der Waals surface area contributed by atoms with E-state index in [1.165, 1.54) is 24.2 Å². The summed E-state index contributed by atoms with van der Waals surface area (Å²) in [4.78, 5) is 16.8. The highest BCUT2D eigenvalue weighted by atomic mass is 35.5. The minimum Gasteiger partial charge on any atom is -0.486 e. The van der Waals surface area contributed by atoms with Gasteiger partial charge in [0.05, 0.1) is 10.7 Å². The second-order valence-electron chi connectivity index (χ2n) is 5.29. The van der Waals surface area contributed by atoms with Gasteiger partial charge in [0, 0.05) is 16.9 Å². The standard InChI is InChI=1S/C15H13ClN2O3S/c16-10-5-9(6-12-13(10)21-4-3-20-12)14(19)18-15-17-11(7-22-15)8-1-2-8/h5-8H,1-4H2,(H,17,18,19). The second-order valence-corrected chi connectivity index (χ2v) is 6.55. The molecule has 114 valence electrons. The van der Waals surface area contributed by atoms with Crippen LogP contribution in [0.25, 0.3) is 0 Å². The molecule has 0 unspecified atom stereocenters. The van der Waals surface area contributed by atoms with E-state index < -0.39 is 0 Å². The third-order valence-corrected chi connectivity index (χ3v) is 4.65. The van der Waals surface area contributed by atoms with Gasteiger partial charge in [-0.2, -0.15) is 0 Å². The van der Waals surface area contributed by atoms with Crippen molar-refractivity contribution in [3.63, 3.8) is 0 Å². The molecular weight excluding hydrogens is 324 g/mol. The number of carbonyl (C=O) groups is 1. The number of nitrogens with zero attached hydrogens (tertiary/aromatic N) is 1. The van der Waals surface area contributed by atoms with Crippen LogP contribution in [0, 0.1) is 0 Å². The summed E-state index contributed by atoms with van der Waals surface area (Å²) in [6, 6.07) is 3.23. The van der Waals surface area contributed by atoms with Crippen molar-refractivity contribution in [3.8, 4) is 11.5 Å². The second kappa shape index (κ2) is 5.44. The molecule has 1 aliphatic carbocycles. The zero-order valence-corrected chi connectivity index (χ0v) is 13.2. The molecule has 2 aromatic rings. The number of ether oxygens (including phenoxy) is 2. The largest absolute Gasteiger partial charge is 0.486 e. The van der Waals surface area contributed by atoms with E-state index in [9.17, 15) is 4.79 Å². The van der Waals surface area contributed by atoms with Crippen LogP contribution in [-0.4, -0.2) is 24.1 Å². The lowest BCUT2D eigenvalue weighted by molar-refractivity contribution is 0.102. The third kappa shape index (κ3) is 2.64. The van der Waals surface area contributed by atoms with Gasteiger partial charge in [-0.05, 0) is 25.0 Å². The number of carbonyl (C=O) groups excluding carboxylic acids is 1. The quantitative estimate of drug-likeness (QED) is 0.928. The van der Waals surface area contributed by atoms with Crippen LogP contribution in [0.1, 0.15) is 34.8 Å². The number of aromatic nitrogens is 1. The molecule has 0 spiro atoms. The minimum absolute atomic E-state index is 0.254. The molecule has 2 aliphatic rings. The number of amides is 1. The highest BCUT2D eigenvalue weighted by Crippen LogP contribution is 2.41. The molecule has 0 atom stereocenters. The van der Waals surface area contributed by atoms with Crippen LogP contribution >= 0.6 is 22.9 Å². The molecule has 0 radical (unpaired) electrons. The maximum Gasteiger partial charge on any atom is 0.257 e. The van der Waals surface area contributed by atoms with E-state index in [-0.39, 0.29) is 5.91 Å². The normalized spacial score (nSPS) is 16.4. The highest BCUT2D eigenvalue weighted by molar-refractivity contribution is 7.14. The van der Waals surface area contributed by atoms with Gasteiger partial charge >= 0.3 is 0 Å². The van der Waals surface area contributed by atoms with Crippen LogP contribution < -0.4 is 14.8 Å². The molecule has 5 nitrogen and oxygen atoms in total. The molecule has 0 saturated heterocycles. The summed E-state index contributed by atoms with van der Waals surface area (Å²) in [5, 5.41) is 5.80. The summed E-state index contributed by atoms with van der Waals surface area (Å²) in [5.41, 5.74) is 1.50. The molecule has 1 aromatic heterocycles. The van der Waals surface area contributed by atoms with Crippen molar-refractivity contribution in [3.05, 3.63) is 33.8 Å². The number of rotatable bonds is 3. The predicted octanol–water partition coefficient (Wildman–Crippen LogP) is 3.70. The third-order valence-electron chi connectivity index (χ3n) is 3.60. The van der Waals surface area contributed by atoms with Crippen LogP contribution in [0.15, 0.2) is 17.5 Å². The number of anilines is 1. The average Bonchev–Trinajstić information content (AvgIpc) is 3.27. The topological polar surface area (TPSA) is 60.5 Å². The van der Waals surface area contributed by atoms with Gasteiger partial charge in [0.2, 0.25) is 0 Å². The van der Waals surface area contributed by atoms with Crippen molar-refractivity contribution in [2.45, 2.75) is 18.8 Å². The Kier molecular flexibility index (Phi) is 3.43. The van der Waals surface area contributed by atoms with Gasteiger partial charge in [0.25, 0.3) is 5.91 Å². The van der Waals surface area contributed by atoms with Crippen molar-refractivity contribution < 1.29 is 14.3 Å². The Hall–Kier alpha value is -1.79. The number of nitrogens with one attached hydrogen (secondary N) is 1. The molecule has 2 heterocycles. The summed E-state index contributed by atoms with van der Waals surface area (Å²) in [6.07, 6.45) is 2.38. The van der Waals surface area contributed by atoms with E-state index in [1.54, 1.807) is 12.1 Å². The van der Waals surface area contributed by atoms with Crippen molar-refractivity contribution >= 4 is 34.0 Å². The summed E-state index contributed by atoms with van der Waals surface area (Å²) in [6.45, 7) is 0.910. The summed E-state index contributed by atoms with van der Waals surface area (Å²) in [5.74, 6) is 1.32. The van der Waals surface area contributed by atoms with Gasteiger partial charge in [-0.15, -0.1) is 11.3 Å². The predicted molar refractivity (Wildman–Crippen MR) is 84.5 cm³/mol. The monoisotopic (exact) mass is 336 g/mol. The smallest absolute Gasteiger partial charge is 0.257 e. The average molecular weight is 337 g/mol. The van der Waals surface area contributed by atoms with Crippen molar-refractivity contribution in [1.29, 1.82) is 0 Å². The molecule has 1 N–H and O–H groups in total. The van der Waals surface area contributed by atoms with Crippen LogP contribution in [0.5, 0.6) is 11.5 Å². The molecule has 0 bridgehead atoms. The van der Waals surface area contributed by atoms with Crippen molar-refractivity contribution in [2.24, 2.45) is 0 Å². The number of hydrogen-bond acceptors (Lipinski definition) is 5. The fourth-order valence-corrected chi connectivity index (χ4v) is 3.37. The molecule has 1 aromatic carbocycles. The highest BCUT2D eigenvalue weighted by Gasteiger charge is 2.26. The van der Waals surface area contributed by atoms with Gasteiger partial charge in [-0.3, -0.25) is 10.1 Å². The molecule has 1 saturated carbocycles. The van der Waals surface area contributed by atoms with Crippen molar-refractivity contribution in [1.82, 2.24) is 4.98 Å². The Balaban J connectivity index is 1.55. The van der Waals surface area contributed by atoms with Crippen LogP contribution in [-0.2, 0) is 0 Å². The summed E-state index contributed by atoms with van der Waals surface area (Å²) in [7, 11) is 0. The molecule has 4 rings (SSSR count). The first-order valence-corrected chi connectivity index (χ1v) is 8.32. The Morgan fingerprint density at radius 3 is 2.95 bits per heavy atom. The number of benzene rings is 1. The Morgan fingerprint density at radius 1 is 1.32 bits per heavy atom. The van der Waals surface area contributed by atoms with E-state index in [2.05, 4.69) is 10.3 Å². The van der Waals surface area contributed by atoms with E-state index in [0.717, 1.165) is 5.69 Å². The maximum absolute atomic E-state index is 12.3. The Bertz CT molecular complexity index is 742. The number of thiazole rings is 1. The van der Waals surface area contributed by atoms with Gasteiger partial charge in [0.1, 0.15) is 13.2 Å². The van der Waals surface area contributed by atoms with E-state index in [1.807, 2.05) is 5.38 Å². The van der Waals surface area contributed by atoms with Gasteiger partial charge < -0.3 is 9.47 Å². The zero-order chi connectivity index (χ0) is 15.1. The molecular formula is C15H13ClN2O3S. The van der Waals surface area contributed by atoms with Crippen LogP contribution in [0.2, 0.25) is 5.02 Å². The molecule has 7 heteroatoms. The van der Waals surface area contributed by atoms with Crippen LogP contribution in [0.4, 0.5) is 5.13 Å². The van der Waals surface area contributed by atoms with Crippen LogP contribution in [0.3, 0.4) is 0 Å². The Labute approximate surface area is 136 Å². The van der Waals surface area contributed by atoms with E-state index >= 15 is 0 Å². The van der Waals surface area contributed by atoms with Gasteiger partial charge in [-0.1, -0.05) is 11.6 Å². The first-order valence-electron chi connectivity index (χ1n) is 7.06. The van der Waals surface area contributed by atoms with Gasteiger partial charge in [0.15, 0.2) is 16.6 Å². The molecule has 1 fully saturated rings. The first-order chi connectivity index (χ1) is 10.7.